The van der Waals surface area contributed by atoms with Crippen molar-refractivity contribution in [2.24, 2.45) is 0 Å². The number of amidine groups is 1. The van der Waals surface area contributed by atoms with Gasteiger partial charge in [-0.3, -0.25) is 29.7 Å². The second kappa shape index (κ2) is 12.2. The van der Waals surface area contributed by atoms with Gasteiger partial charge in [0.1, 0.15) is 18.0 Å². The van der Waals surface area contributed by atoms with Crippen molar-refractivity contribution in [1.29, 1.82) is 5.41 Å². The molecule has 2 fully saturated rings. The van der Waals surface area contributed by atoms with Crippen molar-refractivity contribution in [3.05, 3.63) is 65.7 Å². The van der Waals surface area contributed by atoms with Crippen LogP contribution in [0.2, 0.25) is 0 Å². The SMILES string of the molecule is CC(C)OC(=O)C(C)N1CCN(CC2CN(c3ccc(C(=N)NC(=O)c4ccccc4)cc3)C(=O)O2)CC1. The first kappa shape index (κ1) is 27.3. The van der Waals surface area contributed by atoms with Crippen LogP contribution in [0.25, 0.3) is 0 Å². The molecule has 2 aliphatic rings. The minimum atomic E-state index is -0.404. The summed E-state index contributed by atoms with van der Waals surface area (Å²) in [5.41, 5.74) is 1.68. The van der Waals surface area contributed by atoms with Gasteiger partial charge in [-0.25, -0.2) is 4.79 Å². The van der Waals surface area contributed by atoms with Gasteiger partial charge < -0.3 is 14.8 Å². The highest BCUT2D eigenvalue weighted by molar-refractivity contribution is 6.11. The lowest BCUT2D eigenvalue weighted by Gasteiger charge is -2.37. The number of benzene rings is 2. The largest absolute Gasteiger partial charge is 0.462 e. The molecule has 0 bridgehead atoms. The van der Waals surface area contributed by atoms with Gasteiger partial charge in [-0.2, -0.15) is 0 Å². The third-order valence-electron chi connectivity index (χ3n) is 6.73. The zero-order chi connectivity index (χ0) is 27.2. The van der Waals surface area contributed by atoms with Crippen LogP contribution in [0.1, 0.15) is 36.7 Å². The molecule has 2 atom stereocenters. The third kappa shape index (κ3) is 6.76. The predicted octanol–water partition coefficient (Wildman–Crippen LogP) is 2.72. The van der Waals surface area contributed by atoms with E-state index in [1.807, 2.05) is 26.8 Å². The second-order valence-electron chi connectivity index (χ2n) is 9.86. The molecule has 2 aliphatic heterocycles. The second-order valence-corrected chi connectivity index (χ2v) is 9.86. The van der Waals surface area contributed by atoms with Gasteiger partial charge in [0.2, 0.25) is 0 Å². The summed E-state index contributed by atoms with van der Waals surface area (Å²) in [5.74, 6) is -0.567. The van der Waals surface area contributed by atoms with Crippen molar-refractivity contribution < 1.29 is 23.9 Å². The molecular weight excluding hydrogens is 486 g/mol. The molecule has 2 aromatic rings. The molecule has 38 heavy (non-hydrogen) atoms. The molecule has 4 rings (SSSR count). The van der Waals surface area contributed by atoms with E-state index in [9.17, 15) is 14.4 Å². The van der Waals surface area contributed by atoms with E-state index < -0.39 is 6.09 Å². The Bertz CT molecular complexity index is 1150. The van der Waals surface area contributed by atoms with Gasteiger partial charge in [-0.05, 0) is 57.2 Å². The lowest BCUT2D eigenvalue weighted by molar-refractivity contribution is -0.154. The monoisotopic (exact) mass is 521 g/mol. The Morgan fingerprint density at radius 3 is 2.29 bits per heavy atom. The van der Waals surface area contributed by atoms with E-state index in [-0.39, 0.29) is 36.0 Å². The number of anilines is 1. The van der Waals surface area contributed by atoms with Gasteiger partial charge in [-0.15, -0.1) is 0 Å². The quantitative estimate of drug-likeness (QED) is 0.312. The van der Waals surface area contributed by atoms with Crippen molar-refractivity contribution in [2.45, 2.75) is 39.0 Å². The van der Waals surface area contributed by atoms with E-state index in [0.29, 0.717) is 29.9 Å². The highest BCUT2D eigenvalue weighted by atomic mass is 16.6. The standard InChI is InChI=1S/C28H35N5O5/c1-19(2)37-27(35)20(3)32-15-13-31(14-16-32)17-24-18-33(28(36)38-24)23-11-9-21(10-12-23)25(29)30-26(34)22-7-5-4-6-8-22/h4-12,19-20,24H,13-18H2,1-3H3,(H2,29,30,34). The lowest BCUT2D eigenvalue weighted by Crippen LogP contribution is -2.53. The van der Waals surface area contributed by atoms with Crippen molar-refractivity contribution in [1.82, 2.24) is 15.1 Å². The summed E-state index contributed by atoms with van der Waals surface area (Å²) in [6, 6.07) is 15.3. The Balaban J connectivity index is 1.26. The van der Waals surface area contributed by atoms with Crippen molar-refractivity contribution in [3.63, 3.8) is 0 Å². The minimum absolute atomic E-state index is 0.0155. The Kier molecular flexibility index (Phi) is 8.75. The van der Waals surface area contributed by atoms with Gasteiger partial charge >= 0.3 is 12.1 Å². The zero-order valence-corrected chi connectivity index (χ0v) is 22.1. The predicted molar refractivity (Wildman–Crippen MR) is 143 cm³/mol. The number of ether oxygens (including phenoxy) is 2. The summed E-state index contributed by atoms with van der Waals surface area (Å²) < 4.78 is 11.0. The van der Waals surface area contributed by atoms with E-state index in [1.165, 1.54) is 0 Å². The average Bonchev–Trinajstić information content (AvgIpc) is 3.28. The van der Waals surface area contributed by atoms with Crippen molar-refractivity contribution in [2.75, 3.05) is 44.2 Å². The first-order chi connectivity index (χ1) is 18.2. The first-order valence-corrected chi connectivity index (χ1v) is 12.9. The number of nitrogens with zero attached hydrogens (tertiary/aromatic N) is 3. The smallest absolute Gasteiger partial charge is 0.414 e. The maximum absolute atomic E-state index is 12.6. The van der Waals surface area contributed by atoms with E-state index in [0.717, 1.165) is 26.2 Å². The van der Waals surface area contributed by atoms with Gasteiger partial charge in [0.15, 0.2) is 0 Å². The van der Waals surface area contributed by atoms with E-state index in [2.05, 4.69) is 15.1 Å². The number of hydrogen-bond donors (Lipinski definition) is 2. The lowest BCUT2D eigenvalue weighted by atomic mass is 10.1. The number of rotatable bonds is 8. The summed E-state index contributed by atoms with van der Waals surface area (Å²) in [6.07, 6.45) is -0.797. The normalized spacial score (nSPS) is 19.2. The topological polar surface area (TPSA) is 115 Å². The minimum Gasteiger partial charge on any atom is -0.462 e. The maximum Gasteiger partial charge on any atom is 0.414 e. The highest BCUT2D eigenvalue weighted by Crippen LogP contribution is 2.23. The van der Waals surface area contributed by atoms with Crippen LogP contribution in [-0.2, 0) is 14.3 Å². The van der Waals surface area contributed by atoms with Crippen LogP contribution in [0.4, 0.5) is 10.5 Å². The summed E-state index contributed by atoms with van der Waals surface area (Å²) in [4.78, 5) is 43.1. The molecule has 2 amide bonds. The van der Waals surface area contributed by atoms with Crippen LogP contribution in [0.15, 0.2) is 54.6 Å². The number of piperazine rings is 1. The molecule has 0 radical (unpaired) electrons. The summed E-state index contributed by atoms with van der Waals surface area (Å²) >= 11 is 0. The summed E-state index contributed by atoms with van der Waals surface area (Å²) in [6.45, 7) is 9.66. The number of carbonyl (C=O) groups excluding carboxylic acids is 3. The van der Waals surface area contributed by atoms with Crippen LogP contribution >= 0.6 is 0 Å². The van der Waals surface area contributed by atoms with Gasteiger partial charge in [0, 0.05) is 49.5 Å². The number of cyclic esters (lactones) is 1. The molecule has 0 aromatic heterocycles. The molecule has 0 aliphatic carbocycles. The van der Waals surface area contributed by atoms with Gasteiger partial charge in [0.25, 0.3) is 5.91 Å². The molecule has 2 aromatic carbocycles. The average molecular weight is 522 g/mol. The molecule has 10 nitrogen and oxygen atoms in total. The number of nitrogens with one attached hydrogen (secondary N) is 2. The Morgan fingerprint density at radius 2 is 1.66 bits per heavy atom. The fraction of sp³-hybridized carbons (Fsp3) is 0.429. The number of hydrogen-bond acceptors (Lipinski definition) is 8. The van der Waals surface area contributed by atoms with Gasteiger partial charge in [0.05, 0.1) is 12.6 Å². The molecule has 10 heteroatoms. The molecule has 2 heterocycles. The highest BCUT2D eigenvalue weighted by Gasteiger charge is 2.35. The van der Waals surface area contributed by atoms with Crippen LogP contribution in [0.5, 0.6) is 0 Å². The molecular formula is C28H35N5O5. The molecule has 2 N–H and O–H groups in total. The molecule has 2 saturated heterocycles. The Labute approximate surface area is 223 Å². The fourth-order valence-corrected chi connectivity index (χ4v) is 4.58. The van der Waals surface area contributed by atoms with Crippen LogP contribution in [0.3, 0.4) is 0 Å². The van der Waals surface area contributed by atoms with Crippen LogP contribution < -0.4 is 10.2 Å². The zero-order valence-electron chi connectivity index (χ0n) is 22.1. The third-order valence-corrected chi connectivity index (χ3v) is 6.73. The molecule has 0 saturated carbocycles. The van der Waals surface area contributed by atoms with E-state index >= 15 is 0 Å². The molecule has 2 unspecified atom stereocenters. The summed E-state index contributed by atoms with van der Waals surface area (Å²) in [7, 11) is 0. The number of esters is 1. The maximum atomic E-state index is 12.6. The first-order valence-electron chi connectivity index (χ1n) is 12.9. The number of amides is 2. The van der Waals surface area contributed by atoms with Crippen molar-refractivity contribution in [3.8, 4) is 0 Å². The summed E-state index contributed by atoms with van der Waals surface area (Å²) in [5, 5.41) is 10.8. The van der Waals surface area contributed by atoms with E-state index in [1.54, 1.807) is 53.4 Å². The van der Waals surface area contributed by atoms with E-state index in [4.69, 9.17) is 14.9 Å². The van der Waals surface area contributed by atoms with Crippen LogP contribution in [-0.4, -0.2) is 91.1 Å². The Hall–Kier alpha value is -3.76. The van der Waals surface area contributed by atoms with Crippen LogP contribution in [0, 0.1) is 5.41 Å². The molecule has 202 valence electrons. The Morgan fingerprint density at radius 1 is 1.00 bits per heavy atom. The van der Waals surface area contributed by atoms with Gasteiger partial charge in [-0.1, -0.05) is 18.2 Å². The molecule has 0 spiro atoms. The number of carbonyl (C=O) groups is 3. The van der Waals surface area contributed by atoms with Crippen molar-refractivity contribution >= 4 is 29.5 Å². The fourth-order valence-electron chi connectivity index (χ4n) is 4.58.